The molecule has 15 heavy (non-hydrogen) atoms. The predicted molar refractivity (Wildman–Crippen MR) is 49.4 cm³/mol. The predicted octanol–water partition coefficient (Wildman–Crippen LogP) is 2.68. The van der Waals surface area contributed by atoms with E-state index in [0.29, 0.717) is 9.57 Å². The number of hydrogen-bond acceptors (Lipinski definition) is 2. The average molecular weight is 286 g/mol. The van der Waals surface area contributed by atoms with E-state index in [2.05, 4.69) is 15.9 Å². The van der Waals surface area contributed by atoms with Gasteiger partial charge in [0.2, 0.25) is 0 Å². The number of halogens is 4. The smallest absolute Gasteiger partial charge is 0.406 e. The second-order valence-corrected chi connectivity index (χ2v) is 3.66. The first-order chi connectivity index (χ1) is 6.79. The normalized spacial score (nSPS) is 11.5. The van der Waals surface area contributed by atoms with E-state index in [4.69, 9.17) is 4.42 Å². The van der Waals surface area contributed by atoms with Gasteiger partial charge in [-0.25, -0.2) is 0 Å². The molecule has 0 aliphatic carbocycles. The van der Waals surface area contributed by atoms with Crippen molar-refractivity contribution in [2.75, 3.05) is 13.6 Å². The van der Waals surface area contributed by atoms with Crippen LogP contribution in [0.1, 0.15) is 10.6 Å². The zero-order valence-corrected chi connectivity index (χ0v) is 9.22. The summed E-state index contributed by atoms with van der Waals surface area (Å²) < 4.78 is 41.0. The summed E-state index contributed by atoms with van der Waals surface area (Å²) in [4.78, 5) is 11.9. The van der Waals surface area contributed by atoms with E-state index < -0.39 is 18.6 Å². The lowest BCUT2D eigenvalue weighted by molar-refractivity contribution is -0.138. The number of rotatable bonds is 2. The Labute approximate surface area is 92.0 Å². The second-order valence-electron chi connectivity index (χ2n) is 2.88. The number of furan rings is 1. The maximum absolute atomic E-state index is 12.0. The molecule has 0 atom stereocenters. The van der Waals surface area contributed by atoms with Crippen LogP contribution in [0.2, 0.25) is 0 Å². The highest BCUT2D eigenvalue weighted by Gasteiger charge is 2.32. The zero-order chi connectivity index (χ0) is 11.6. The zero-order valence-electron chi connectivity index (χ0n) is 7.64. The first-order valence-electron chi connectivity index (χ1n) is 3.87. The third-order valence-corrected chi connectivity index (χ3v) is 1.97. The summed E-state index contributed by atoms with van der Waals surface area (Å²) >= 11 is 2.95. The van der Waals surface area contributed by atoms with Gasteiger partial charge in [0.1, 0.15) is 6.54 Å². The summed E-state index contributed by atoms with van der Waals surface area (Å²) in [5.74, 6) is -0.938. The molecular weight excluding hydrogens is 279 g/mol. The van der Waals surface area contributed by atoms with Crippen molar-refractivity contribution in [3.63, 3.8) is 0 Å². The number of nitrogens with zero attached hydrogens (tertiary/aromatic N) is 1. The lowest BCUT2D eigenvalue weighted by Gasteiger charge is -2.17. The lowest BCUT2D eigenvalue weighted by Crippen LogP contribution is -2.35. The highest BCUT2D eigenvalue weighted by atomic mass is 79.9. The van der Waals surface area contributed by atoms with Gasteiger partial charge in [-0.1, -0.05) is 0 Å². The number of amides is 1. The molecule has 0 aliphatic heterocycles. The van der Waals surface area contributed by atoms with E-state index >= 15 is 0 Å². The van der Waals surface area contributed by atoms with Crippen LogP contribution in [-0.2, 0) is 0 Å². The largest absolute Gasteiger partial charge is 0.444 e. The Bertz CT molecular complexity index is 361. The number of alkyl halides is 3. The molecule has 84 valence electrons. The summed E-state index contributed by atoms with van der Waals surface area (Å²) in [6, 6.07) is 2.74. The monoisotopic (exact) mass is 285 g/mol. The molecule has 0 spiro atoms. The van der Waals surface area contributed by atoms with E-state index in [9.17, 15) is 18.0 Å². The highest BCUT2D eigenvalue weighted by Crippen LogP contribution is 2.19. The Morgan fingerprint density at radius 3 is 2.53 bits per heavy atom. The van der Waals surface area contributed by atoms with Crippen molar-refractivity contribution < 1.29 is 22.4 Å². The second kappa shape index (κ2) is 4.26. The summed E-state index contributed by atoms with van der Waals surface area (Å²) in [6.07, 6.45) is -4.41. The van der Waals surface area contributed by atoms with Gasteiger partial charge in [0.25, 0.3) is 5.91 Å². The molecule has 0 radical (unpaired) electrons. The van der Waals surface area contributed by atoms with Gasteiger partial charge in [-0.15, -0.1) is 0 Å². The van der Waals surface area contributed by atoms with Crippen LogP contribution in [-0.4, -0.2) is 30.6 Å². The summed E-state index contributed by atoms with van der Waals surface area (Å²) in [6.45, 7) is -1.30. The Hall–Kier alpha value is -0.980. The van der Waals surface area contributed by atoms with Gasteiger partial charge in [0.05, 0.1) is 0 Å². The van der Waals surface area contributed by atoms with E-state index in [1.165, 1.54) is 12.1 Å². The fourth-order valence-corrected chi connectivity index (χ4v) is 1.26. The number of carbonyl (C=O) groups excluding carboxylic acids is 1. The average Bonchev–Trinajstić information content (AvgIpc) is 2.47. The van der Waals surface area contributed by atoms with Crippen LogP contribution in [0.3, 0.4) is 0 Å². The first kappa shape index (κ1) is 12.1. The molecule has 0 saturated heterocycles. The number of hydrogen-bond donors (Lipinski definition) is 0. The Balaban J connectivity index is 2.69. The maximum Gasteiger partial charge on any atom is 0.406 e. The van der Waals surface area contributed by atoms with Crippen molar-refractivity contribution in [1.29, 1.82) is 0 Å². The van der Waals surface area contributed by atoms with E-state index in [-0.39, 0.29) is 5.76 Å². The third kappa shape index (κ3) is 3.58. The van der Waals surface area contributed by atoms with Gasteiger partial charge >= 0.3 is 6.18 Å². The van der Waals surface area contributed by atoms with Gasteiger partial charge in [-0.2, -0.15) is 13.2 Å². The molecule has 7 heteroatoms. The topological polar surface area (TPSA) is 33.5 Å². The fraction of sp³-hybridized carbons (Fsp3) is 0.375. The van der Waals surface area contributed by atoms with Gasteiger partial charge in [0, 0.05) is 7.05 Å². The van der Waals surface area contributed by atoms with E-state index in [1.54, 1.807) is 0 Å². The summed E-state index contributed by atoms with van der Waals surface area (Å²) in [5.41, 5.74) is 0. The van der Waals surface area contributed by atoms with Crippen molar-refractivity contribution in [3.8, 4) is 0 Å². The standard InChI is InChI=1S/C8H7BrF3NO2/c1-13(4-8(10,11)12)7(14)5-2-3-6(9)15-5/h2-3H,4H2,1H3. The molecular formula is C8H7BrF3NO2. The summed E-state index contributed by atoms with van der Waals surface area (Å²) in [7, 11) is 1.06. The molecule has 0 saturated carbocycles. The SMILES string of the molecule is CN(CC(F)(F)F)C(=O)c1ccc(Br)o1. The van der Waals surface area contributed by atoms with Crippen LogP contribution < -0.4 is 0 Å². The molecule has 1 amide bonds. The Morgan fingerprint density at radius 2 is 2.13 bits per heavy atom. The number of carbonyl (C=O) groups is 1. The van der Waals surface area contributed by atoms with E-state index in [1.807, 2.05) is 0 Å². The molecule has 1 heterocycles. The summed E-state index contributed by atoms with van der Waals surface area (Å²) in [5, 5.41) is 0. The molecule has 3 nitrogen and oxygen atoms in total. The fourth-order valence-electron chi connectivity index (χ4n) is 0.958. The quantitative estimate of drug-likeness (QED) is 0.837. The maximum atomic E-state index is 12.0. The lowest BCUT2D eigenvalue weighted by atomic mass is 10.4. The molecule has 0 fully saturated rings. The van der Waals surface area contributed by atoms with Gasteiger partial charge in [-0.3, -0.25) is 4.79 Å². The van der Waals surface area contributed by atoms with Crippen LogP contribution in [0, 0.1) is 0 Å². The van der Waals surface area contributed by atoms with Gasteiger partial charge < -0.3 is 9.32 Å². The molecule has 0 aromatic carbocycles. The molecule has 0 aliphatic rings. The minimum absolute atomic E-state index is 0.131. The van der Waals surface area contributed by atoms with Crippen LogP contribution in [0.4, 0.5) is 13.2 Å². The molecule has 1 aromatic rings. The molecule has 0 unspecified atom stereocenters. The van der Waals surface area contributed by atoms with Crippen LogP contribution in [0.25, 0.3) is 0 Å². The van der Waals surface area contributed by atoms with Crippen molar-refractivity contribution >= 4 is 21.8 Å². The molecule has 1 aromatic heterocycles. The molecule has 1 rings (SSSR count). The Morgan fingerprint density at radius 1 is 1.53 bits per heavy atom. The van der Waals surface area contributed by atoms with Crippen LogP contribution >= 0.6 is 15.9 Å². The first-order valence-corrected chi connectivity index (χ1v) is 4.66. The van der Waals surface area contributed by atoms with Crippen LogP contribution in [0.5, 0.6) is 0 Å². The minimum atomic E-state index is -4.41. The minimum Gasteiger partial charge on any atom is -0.444 e. The molecule has 0 bridgehead atoms. The molecule has 0 N–H and O–H groups in total. The van der Waals surface area contributed by atoms with Crippen molar-refractivity contribution in [1.82, 2.24) is 4.90 Å². The third-order valence-electron chi connectivity index (χ3n) is 1.55. The van der Waals surface area contributed by atoms with Crippen molar-refractivity contribution in [2.24, 2.45) is 0 Å². The Kier molecular flexibility index (Phi) is 3.43. The van der Waals surface area contributed by atoms with Crippen molar-refractivity contribution in [2.45, 2.75) is 6.18 Å². The van der Waals surface area contributed by atoms with Crippen LogP contribution in [0.15, 0.2) is 21.2 Å². The van der Waals surface area contributed by atoms with Gasteiger partial charge in [-0.05, 0) is 28.1 Å². The highest BCUT2D eigenvalue weighted by molar-refractivity contribution is 9.10. The van der Waals surface area contributed by atoms with Crippen molar-refractivity contribution in [3.05, 3.63) is 22.6 Å². The van der Waals surface area contributed by atoms with E-state index in [0.717, 1.165) is 7.05 Å². The van der Waals surface area contributed by atoms with Gasteiger partial charge in [0.15, 0.2) is 10.4 Å².